The predicted molar refractivity (Wildman–Crippen MR) is 87.2 cm³/mol. The molecule has 2 N–H and O–H groups in total. The molecule has 108 valence electrons. The van der Waals surface area contributed by atoms with Crippen LogP contribution in [0.15, 0.2) is 36.4 Å². The van der Waals surface area contributed by atoms with Crippen LogP contribution in [0.25, 0.3) is 0 Å². The van der Waals surface area contributed by atoms with Gasteiger partial charge in [-0.25, -0.2) is 0 Å². The first kappa shape index (κ1) is 14.2. The maximum Gasteiger partial charge on any atom is 0.224 e. The number of hydrogen-bond acceptors (Lipinski definition) is 2. The van der Waals surface area contributed by atoms with Crippen molar-refractivity contribution in [1.82, 2.24) is 0 Å². The van der Waals surface area contributed by atoms with Gasteiger partial charge in [0.05, 0.1) is 10.0 Å². The van der Waals surface area contributed by atoms with Crippen LogP contribution in [0.3, 0.4) is 0 Å². The Labute approximate surface area is 133 Å². The first-order chi connectivity index (χ1) is 10.1. The molecule has 1 heterocycles. The van der Waals surface area contributed by atoms with E-state index in [2.05, 4.69) is 16.7 Å². The zero-order valence-corrected chi connectivity index (χ0v) is 12.8. The molecule has 2 aromatic carbocycles. The zero-order valence-electron chi connectivity index (χ0n) is 11.2. The van der Waals surface area contributed by atoms with E-state index in [1.54, 1.807) is 6.07 Å². The summed E-state index contributed by atoms with van der Waals surface area (Å²) in [7, 11) is 0. The lowest BCUT2D eigenvalue weighted by molar-refractivity contribution is -0.116. The van der Waals surface area contributed by atoms with E-state index in [9.17, 15) is 4.79 Å². The van der Waals surface area contributed by atoms with Crippen molar-refractivity contribution < 1.29 is 4.79 Å². The van der Waals surface area contributed by atoms with Crippen molar-refractivity contribution in [2.75, 3.05) is 10.6 Å². The standard InChI is InChI=1S/C16H14Cl2N2O/c17-13-4-1-10(7-14(13)18)9-19-12-3-5-15-11(8-12)2-6-16(21)20-15/h1,3-5,7-8,19H,2,6,9H2,(H,20,21). The van der Waals surface area contributed by atoms with Gasteiger partial charge in [-0.1, -0.05) is 29.3 Å². The SMILES string of the molecule is O=C1CCc2cc(NCc3ccc(Cl)c(Cl)c3)ccc2N1. The maximum absolute atomic E-state index is 11.3. The number of rotatable bonds is 3. The highest BCUT2D eigenvalue weighted by Gasteiger charge is 2.14. The summed E-state index contributed by atoms with van der Waals surface area (Å²) < 4.78 is 0. The van der Waals surface area contributed by atoms with E-state index < -0.39 is 0 Å². The summed E-state index contributed by atoms with van der Waals surface area (Å²) in [6, 6.07) is 11.6. The number of anilines is 2. The minimum Gasteiger partial charge on any atom is -0.381 e. The Kier molecular flexibility index (Phi) is 4.04. The Bertz CT molecular complexity index is 701. The van der Waals surface area contributed by atoms with E-state index >= 15 is 0 Å². The molecule has 0 spiro atoms. The highest BCUT2D eigenvalue weighted by atomic mass is 35.5. The number of nitrogens with one attached hydrogen (secondary N) is 2. The molecule has 0 aromatic heterocycles. The van der Waals surface area contributed by atoms with E-state index in [0.717, 1.165) is 28.9 Å². The van der Waals surface area contributed by atoms with Crippen LogP contribution in [0.4, 0.5) is 11.4 Å². The predicted octanol–water partition coefficient (Wildman–Crippen LogP) is 4.49. The quantitative estimate of drug-likeness (QED) is 0.874. The zero-order chi connectivity index (χ0) is 14.8. The van der Waals surface area contributed by atoms with E-state index in [4.69, 9.17) is 23.2 Å². The lowest BCUT2D eigenvalue weighted by atomic mass is 10.0. The lowest BCUT2D eigenvalue weighted by Gasteiger charge is -2.18. The Balaban J connectivity index is 1.71. The Morgan fingerprint density at radius 1 is 1.05 bits per heavy atom. The van der Waals surface area contributed by atoms with E-state index in [0.29, 0.717) is 23.0 Å². The van der Waals surface area contributed by atoms with Gasteiger partial charge in [-0.2, -0.15) is 0 Å². The second kappa shape index (κ2) is 5.96. The maximum atomic E-state index is 11.3. The molecule has 1 aliphatic heterocycles. The molecule has 21 heavy (non-hydrogen) atoms. The highest BCUT2D eigenvalue weighted by Crippen LogP contribution is 2.26. The van der Waals surface area contributed by atoms with E-state index in [1.165, 1.54) is 0 Å². The van der Waals surface area contributed by atoms with Crippen molar-refractivity contribution in [2.24, 2.45) is 0 Å². The normalized spacial score (nSPS) is 13.5. The molecule has 5 heteroatoms. The highest BCUT2D eigenvalue weighted by molar-refractivity contribution is 6.42. The molecule has 3 rings (SSSR count). The van der Waals surface area contributed by atoms with Gasteiger partial charge in [0.2, 0.25) is 5.91 Å². The molecular formula is C16H14Cl2N2O. The van der Waals surface area contributed by atoms with Gasteiger partial charge < -0.3 is 10.6 Å². The van der Waals surface area contributed by atoms with Crippen LogP contribution in [0.1, 0.15) is 17.5 Å². The molecule has 1 aliphatic rings. The van der Waals surface area contributed by atoms with Crippen LogP contribution < -0.4 is 10.6 Å². The molecule has 0 aliphatic carbocycles. The summed E-state index contributed by atoms with van der Waals surface area (Å²) in [4.78, 5) is 11.3. The Morgan fingerprint density at radius 3 is 2.71 bits per heavy atom. The van der Waals surface area contributed by atoms with Gasteiger partial charge in [-0.15, -0.1) is 0 Å². The summed E-state index contributed by atoms with van der Waals surface area (Å²) >= 11 is 11.9. The van der Waals surface area contributed by atoms with Gasteiger partial charge in [0.1, 0.15) is 0 Å². The van der Waals surface area contributed by atoms with Crippen LogP contribution in [-0.2, 0) is 17.8 Å². The van der Waals surface area contributed by atoms with Gasteiger partial charge in [0, 0.05) is 24.3 Å². The fourth-order valence-corrected chi connectivity index (χ4v) is 2.67. The molecule has 0 saturated heterocycles. The van der Waals surface area contributed by atoms with Crippen molar-refractivity contribution in [1.29, 1.82) is 0 Å². The summed E-state index contributed by atoms with van der Waals surface area (Å²) in [5.41, 5.74) is 4.16. The van der Waals surface area contributed by atoms with Gasteiger partial charge in [-0.05, 0) is 47.9 Å². The van der Waals surface area contributed by atoms with Gasteiger partial charge in [0.25, 0.3) is 0 Å². The minimum atomic E-state index is 0.0824. The Hall–Kier alpha value is -1.71. The average molecular weight is 321 g/mol. The van der Waals surface area contributed by atoms with Gasteiger partial charge >= 0.3 is 0 Å². The topological polar surface area (TPSA) is 41.1 Å². The lowest BCUT2D eigenvalue weighted by Crippen LogP contribution is -2.18. The van der Waals surface area contributed by atoms with Gasteiger partial charge in [0.15, 0.2) is 0 Å². The Morgan fingerprint density at radius 2 is 1.90 bits per heavy atom. The molecule has 0 radical (unpaired) electrons. The summed E-state index contributed by atoms with van der Waals surface area (Å²) in [5.74, 6) is 0.0824. The first-order valence-corrected chi connectivity index (χ1v) is 7.48. The van der Waals surface area contributed by atoms with Crippen molar-refractivity contribution in [3.63, 3.8) is 0 Å². The molecule has 0 bridgehead atoms. The third-order valence-corrected chi connectivity index (χ3v) is 4.22. The number of carbonyl (C=O) groups is 1. The number of fused-ring (bicyclic) bond motifs is 1. The molecule has 1 amide bonds. The molecule has 0 atom stereocenters. The average Bonchev–Trinajstić information content (AvgIpc) is 2.48. The second-order valence-corrected chi connectivity index (χ2v) is 5.84. The third kappa shape index (κ3) is 3.31. The number of aryl methyl sites for hydroxylation is 1. The third-order valence-electron chi connectivity index (χ3n) is 3.48. The smallest absolute Gasteiger partial charge is 0.224 e. The summed E-state index contributed by atoms with van der Waals surface area (Å²) in [6.45, 7) is 0.669. The largest absolute Gasteiger partial charge is 0.381 e. The van der Waals surface area contributed by atoms with Crippen molar-refractivity contribution >= 4 is 40.5 Å². The molecule has 0 fully saturated rings. The number of carbonyl (C=O) groups excluding carboxylic acids is 1. The first-order valence-electron chi connectivity index (χ1n) is 6.72. The molecule has 0 saturated carbocycles. The van der Waals surface area contributed by atoms with Crippen LogP contribution >= 0.6 is 23.2 Å². The van der Waals surface area contributed by atoms with Crippen molar-refractivity contribution in [2.45, 2.75) is 19.4 Å². The summed E-state index contributed by atoms with van der Waals surface area (Å²) in [6.07, 6.45) is 1.33. The number of benzene rings is 2. The minimum absolute atomic E-state index is 0.0824. The number of amides is 1. The van der Waals surface area contributed by atoms with E-state index in [-0.39, 0.29) is 5.91 Å². The molecule has 2 aromatic rings. The van der Waals surface area contributed by atoms with Crippen LogP contribution in [0, 0.1) is 0 Å². The van der Waals surface area contributed by atoms with Gasteiger partial charge in [-0.3, -0.25) is 4.79 Å². The fraction of sp³-hybridized carbons (Fsp3) is 0.188. The summed E-state index contributed by atoms with van der Waals surface area (Å²) in [5, 5.41) is 7.35. The van der Waals surface area contributed by atoms with Crippen molar-refractivity contribution in [3.8, 4) is 0 Å². The van der Waals surface area contributed by atoms with Crippen LogP contribution in [0.2, 0.25) is 10.0 Å². The van der Waals surface area contributed by atoms with Crippen LogP contribution in [0.5, 0.6) is 0 Å². The molecule has 3 nitrogen and oxygen atoms in total. The van der Waals surface area contributed by atoms with Crippen molar-refractivity contribution in [3.05, 3.63) is 57.6 Å². The monoisotopic (exact) mass is 320 g/mol. The molecular weight excluding hydrogens is 307 g/mol. The second-order valence-electron chi connectivity index (χ2n) is 5.02. The fourth-order valence-electron chi connectivity index (χ4n) is 2.35. The number of hydrogen-bond donors (Lipinski definition) is 2. The molecule has 0 unspecified atom stereocenters. The van der Waals surface area contributed by atoms with E-state index in [1.807, 2.05) is 24.3 Å². The number of halogens is 2. The van der Waals surface area contributed by atoms with Crippen LogP contribution in [-0.4, -0.2) is 5.91 Å².